The molecule has 0 aliphatic carbocycles. The smallest absolute Gasteiger partial charge is 0.241 e. The number of anilines is 1. The molecular formula is C19H23FN2O3S. The van der Waals surface area contributed by atoms with Gasteiger partial charge in [0.1, 0.15) is 5.82 Å². The molecule has 7 heteroatoms. The van der Waals surface area contributed by atoms with E-state index in [1.165, 1.54) is 18.2 Å². The minimum atomic E-state index is -3.70. The molecule has 0 fully saturated rings. The molecule has 0 atom stereocenters. The molecule has 2 rings (SSSR count). The Morgan fingerprint density at radius 2 is 1.62 bits per heavy atom. The highest BCUT2D eigenvalue weighted by molar-refractivity contribution is 7.89. The minimum Gasteiger partial charge on any atom is -0.326 e. The van der Waals surface area contributed by atoms with Crippen molar-refractivity contribution in [3.05, 3.63) is 58.4 Å². The fraction of sp³-hybridized carbons (Fsp3) is 0.316. The van der Waals surface area contributed by atoms with E-state index in [0.717, 1.165) is 5.56 Å². The van der Waals surface area contributed by atoms with Crippen molar-refractivity contribution in [1.82, 2.24) is 4.72 Å². The SMILES string of the molecule is Cc1cc(C)c(S(=O)(=O)NCCC(=O)Nc2ccc(F)cc2C)c(C)c1. The maximum Gasteiger partial charge on any atom is 0.241 e. The highest BCUT2D eigenvalue weighted by Gasteiger charge is 2.19. The third kappa shape index (κ3) is 4.89. The predicted octanol–water partition coefficient (Wildman–Crippen LogP) is 3.37. The van der Waals surface area contributed by atoms with Crippen molar-refractivity contribution in [3.8, 4) is 0 Å². The first-order chi connectivity index (χ1) is 12.1. The average Bonchev–Trinajstić information content (AvgIpc) is 2.48. The van der Waals surface area contributed by atoms with Gasteiger partial charge in [-0.25, -0.2) is 17.5 Å². The third-order valence-corrected chi connectivity index (χ3v) is 5.75. The Kier molecular flexibility index (Phi) is 6.15. The van der Waals surface area contributed by atoms with Crippen molar-refractivity contribution in [2.45, 2.75) is 39.0 Å². The van der Waals surface area contributed by atoms with Crippen LogP contribution in [0.1, 0.15) is 28.7 Å². The summed E-state index contributed by atoms with van der Waals surface area (Å²) in [5, 5.41) is 2.65. The number of rotatable bonds is 6. The Labute approximate surface area is 153 Å². The molecule has 0 unspecified atom stereocenters. The molecule has 140 valence electrons. The number of benzene rings is 2. The van der Waals surface area contributed by atoms with Gasteiger partial charge in [-0.05, 0) is 62.6 Å². The summed E-state index contributed by atoms with van der Waals surface area (Å²) >= 11 is 0. The number of carbonyl (C=O) groups is 1. The molecule has 0 heterocycles. The second-order valence-electron chi connectivity index (χ2n) is 6.38. The minimum absolute atomic E-state index is 0.0266. The van der Waals surface area contributed by atoms with Crippen molar-refractivity contribution < 1.29 is 17.6 Å². The molecular weight excluding hydrogens is 355 g/mol. The van der Waals surface area contributed by atoms with E-state index >= 15 is 0 Å². The standard InChI is InChI=1S/C19H23FN2O3S/c1-12-9-14(3)19(15(4)10-12)26(24,25)21-8-7-18(23)22-17-6-5-16(20)11-13(17)2/h5-6,9-11,21H,7-8H2,1-4H3,(H,22,23). The molecule has 0 spiro atoms. The van der Waals surface area contributed by atoms with Gasteiger partial charge in [-0.15, -0.1) is 0 Å². The first kappa shape index (κ1) is 20.1. The summed E-state index contributed by atoms with van der Waals surface area (Å²) in [6, 6.07) is 7.68. The maximum atomic E-state index is 13.1. The van der Waals surface area contributed by atoms with E-state index < -0.39 is 10.0 Å². The average molecular weight is 378 g/mol. The summed E-state index contributed by atoms with van der Waals surface area (Å²) in [5.41, 5.74) is 3.44. The van der Waals surface area contributed by atoms with Gasteiger partial charge in [0, 0.05) is 18.7 Å². The maximum absolute atomic E-state index is 13.1. The van der Waals surface area contributed by atoms with Gasteiger partial charge in [0.05, 0.1) is 4.90 Å². The zero-order chi connectivity index (χ0) is 19.5. The number of hydrogen-bond donors (Lipinski definition) is 2. The van der Waals surface area contributed by atoms with Crippen LogP contribution >= 0.6 is 0 Å². The summed E-state index contributed by atoms with van der Waals surface area (Å²) in [7, 11) is -3.70. The van der Waals surface area contributed by atoms with Crippen molar-refractivity contribution in [2.24, 2.45) is 0 Å². The monoisotopic (exact) mass is 378 g/mol. The summed E-state index contributed by atoms with van der Waals surface area (Å²) in [6.45, 7) is 7.06. The van der Waals surface area contributed by atoms with Crippen LogP contribution in [0.4, 0.5) is 10.1 Å². The van der Waals surface area contributed by atoms with Gasteiger partial charge in [-0.2, -0.15) is 0 Å². The Bertz CT molecular complexity index is 917. The van der Waals surface area contributed by atoms with Crippen molar-refractivity contribution in [2.75, 3.05) is 11.9 Å². The van der Waals surface area contributed by atoms with E-state index in [1.54, 1.807) is 20.8 Å². The molecule has 0 saturated heterocycles. The van der Waals surface area contributed by atoms with E-state index in [1.807, 2.05) is 19.1 Å². The number of aryl methyl sites for hydroxylation is 4. The molecule has 1 amide bonds. The van der Waals surface area contributed by atoms with E-state index in [2.05, 4.69) is 10.0 Å². The quantitative estimate of drug-likeness (QED) is 0.809. The molecule has 0 radical (unpaired) electrons. The van der Waals surface area contributed by atoms with Gasteiger partial charge < -0.3 is 5.32 Å². The Balaban J connectivity index is 1.99. The molecule has 0 aromatic heterocycles. The van der Waals surface area contributed by atoms with Crippen LogP contribution in [0, 0.1) is 33.5 Å². The van der Waals surface area contributed by atoms with E-state index in [-0.39, 0.29) is 29.6 Å². The lowest BCUT2D eigenvalue weighted by molar-refractivity contribution is -0.116. The first-order valence-corrected chi connectivity index (χ1v) is 9.72. The van der Waals surface area contributed by atoms with Crippen molar-refractivity contribution in [3.63, 3.8) is 0 Å². The highest BCUT2D eigenvalue weighted by atomic mass is 32.2. The van der Waals surface area contributed by atoms with Gasteiger partial charge in [0.2, 0.25) is 15.9 Å². The summed E-state index contributed by atoms with van der Waals surface area (Å²) < 4.78 is 40.6. The van der Waals surface area contributed by atoms with Gasteiger partial charge in [-0.3, -0.25) is 4.79 Å². The lowest BCUT2D eigenvalue weighted by Crippen LogP contribution is -2.29. The number of hydrogen-bond acceptors (Lipinski definition) is 3. The molecule has 2 aromatic rings. The number of carbonyl (C=O) groups excluding carboxylic acids is 1. The van der Waals surface area contributed by atoms with Crippen LogP contribution in [-0.4, -0.2) is 20.9 Å². The number of amides is 1. The largest absolute Gasteiger partial charge is 0.326 e. The van der Waals surface area contributed by atoms with E-state index in [0.29, 0.717) is 22.4 Å². The summed E-state index contributed by atoms with van der Waals surface area (Å²) in [6.07, 6.45) is -0.0278. The number of nitrogens with one attached hydrogen (secondary N) is 2. The first-order valence-electron chi connectivity index (χ1n) is 8.23. The number of halogens is 1. The molecule has 0 bridgehead atoms. The van der Waals surface area contributed by atoms with Gasteiger partial charge in [0.15, 0.2) is 0 Å². The molecule has 2 aromatic carbocycles. The second-order valence-corrected chi connectivity index (χ2v) is 8.09. The lowest BCUT2D eigenvalue weighted by Gasteiger charge is -2.13. The highest BCUT2D eigenvalue weighted by Crippen LogP contribution is 2.21. The molecule has 26 heavy (non-hydrogen) atoms. The predicted molar refractivity (Wildman–Crippen MR) is 100 cm³/mol. The normalized spacial score (nSPS) is 11.4. The van der Waals surface area contributed by atoms with Crippen LogP contribution in [0.2, 0.25) is 0 Å². The van der Waals surface area contributed by atoms with Crippen LogP contribution in [0.25, 0.3) is 0 Å². The van der Waals surface area contributed by atoms with Crippen LogP contribution in [-0.2, 0) is 14.8 Å². The van der Waals surface area contributed by atoms with Gasteiger partial charge >= 0.3 is 0 Å². The molecule has 5 nitrogen and oxygen atoms in total. The van der Waals surface area contributed by atoms with Crippen LogP contribution < -0.4 is 10.0 Å². The van der Waals surface area contributed by atoms with E-state index in [9.17, 15) is 17.6 Å². The molecule has 2 N–H and O–H groups in total. The third-order valence-electron chi connectivity index (χ3n) is 3.98. The summed E-state index contributed by atoms with van der Waals surface area (Å²) in [5.74, 6) is -0.725. The zero-order valence-electron chi connectivity index (χ0n) is 15.3. The lowest BCUT2D eigenvalue weighted by atomic mass is 10.1. The summed E-state index contributed by atoms with van der Waals surface area (Å²) in [4.78, 5) is 12.3. The van der Waals surface area contributed by atoms with Crippen LogP contribution in [0.15, 0.2) is 35.2 Å². The molecule has 0 aliphatic heterocycles. The topological polar surface area (TPSA) is 75.3 Å². The van der Waals surface area contributed by atoms with Crippen LogP contribution in [0.3, 0.4) is 0 Å². The van der Waals surface area contributed by atoms with Crippen molar-refractivity contribution >= 4 is 21.6 Å². The Morgan fingerprint density at radius 3 is 2.19 bits per heavy atom. The molecule has 0 aliphatic rings. The van der Waals surface area contributed by atoms with E-state index in [4.69, 9.17) is 0 Å². The Hall–Kier alpha value is -2.25. The van der Waals surface area contributed by atoms with Crippen LogP contribution in [0.5, 0.6) is 0 Å². The van der Waals surface area contributed by atoms with Gasteiger partial charge in [-0.1, -0.05) is 17.7 Å². The zero-order valence-corrected chi connectivity index (χ0v) is 16.1. The number of sulfonamides is 1. The van der Waals surface area contributed by atoms with Crippen molar-refractivity contribution in [1.29, 1.82) is 0 Å². The fourth-order valence-corrected chi connectivity index (χ4v) is 4.42. The Morgan fingerprint density at radius 1 is 1.00 bits per heavy atom. The fourth-order valence-electron chi connectivity index (χ4n) is 2.94. The second kappa shape index (κ2) is 7.97. The van der Waals surface area contributed by atoms with Gasteiger partial charge in [0.25, 0.3) is 0 Å². The molecule has 0 saturated carbocycles.